The molecule has 0 saturated heterocycles. The number of rotatable bonds is 4. The second-order valence-corrected chi connectivity index (χ2v) is 5.77. The molecule has 1 heterocycles. The Kier molecular flexibility index (Phi) is 4.08. The van der Waals surface area contributed by atoms with Crippen molar-refractivity contribution in [2.24, 2.45) is 0 Å². The summed E-state index contributed by atoms with van der Waals surface area (Å²) in [7, 11) is 0. The molecule has 0 saturated carbocycles. The van der Waals surface area contributed by atoms with Gasteiger partial charge in [-0.15, -0.1) is 0 Å². The minimum atomic E-state index is -0.873. The highest BCUT2D eigenvalue weighted by atomic mass is 16.4. The fourth-order valence-electron chi connectivity index (χ4n) is 2.79. The summed E-state index contributed by atoms with van der Waals surface area (Å²) in [5.74, 6) is -1.06. The van der Waals surface area contributed by atoms with Crippen LogP contribution in [0.1, 0.15) is 24.0 Å². The number of aliphatic carboxylic acids is 1. The molecule has 2 aromatic carbocycles. The Hall–Kier alpha value is -3.08. The van der Waals surface area contributed by atoms with E-state index in [0.29, 0.717) is 11.1 Å². The summed E-state index contributed by atoms with van der Waals surface area (Å²) in [5, 5.41) is 27.7. The highest BCUT2D eigenvalue weighted by Gasteiger charge is 2.29. The van der Waals surface area contributed by atoms with Crippen LogP contribution >= 0.6 is 0 Å². The van der Waals surface area contributed by atoms with Gasteiger partial charge in [0.25, 0.3) is 0 Å². The summed E-state index contributed by atoms with van der Waals surface area (Å²) in [6.45, 7) is 1.87. The van der Waals surface area contributed by atoms with Gasteiger partial charge in [0.05, 0.1) is 18.0 Å². The predicted molar refractivity (Wildman–Crippen MR) is 93.6 cm³/mol. The van der Waals surface area contributed by atoms with Gasteiger partial charge in [-0.05, 0) is 30.2 Å². The molecule has 5 nitrogen and oxygen atoms in total. The van der Waals surface area contributed by atoms with Crippen molar-refractivity contribution in [2.75, 3.05) is 11.4 Å². The zero-order valence-corrected chi connectivity index (χ0v) is 13.2. The first-order valence-corrected chi connectivity index (χ1v) is 7.66. The molecule has 0 amide bonds. The Morgan fingerprint density at radius 3 is 2.33 bits per heavy atom. The lowest BCUT2D eigenvalue weighted by Crippen LogP contribution is -2.26. The summed E-state index contributed by atoms with van der Waals surface area (Å²) in [6.07, 6.45) is 0. The number of benzene rings is 2. The molecule has 0 spiro atoms. The minimum absolute atomic E-state index is 0.161. The quantitative estimate of drug-likeness (QED) is 0.802. The third-order valence-electron chi connectivity index (χ3n) is 4.24. The molecule has 122 valence electrons. The van der Waals surface area contributed by atoms with Crippen molar-refractivity contribution in [3.05, 3.63) is 71.5 Å². The standard InChI is InChI=1S/C19H18N2O3/c1-12(19(23)24)13-7-9-15(10-8-13)21-11-16(22)17(18(21)20)14-5-3-2-4-6-14/h2-10,12,20,22H,11H2,1H3,(H,23,24)/t12-/m1/s1. The first-order chi connectivity index (χ1) is 11.5. The molecule has 3 N–H and O–H groups in total. The second-order valence-electron chi connectivity index (χ2n) is 5.77. The van der Waals surface area contributed by atoms with E-state index in [4.69, 9.17) is 10.5 Å². The average molecular weight is 322 g/mol. The number of hydrogen-bond acceptors (Lipinski definition) is 3. The molecule has 1 atom stereocenters. The first-order valence-electron chi connectivity index (χ1n) is 7.66. The summed E-state index contributed by atoms with van der Waals surface area (Å²) in [5.41, 5.74) is 2.79. The number of nitrogens with zero attached hydrogens (tertiary/aromatic N) is 1. The number of carbonyl (C=O) groups is 1. The molecule has 0 bridgehead atoms. The van der Waals surface area contributed by atoms with Gasteiger partial charge in [0.1, 0.15) is 11.6 Å². The van der Waals surface area contributed by atoms with E-state index in [-0.39, 0.29) is 18.1 Å². The lowest BCUT2D eigenvalue weighted by atomic mass is 10.0. The molecule has 2 aromatic rings. The second kappa shape index (κ2) is 6.20. The predicted octanol–water partition coefficient (Wildman–Crippen LogP) is 3.64. The molecule has 24 heavy (non-hydrogen) atoms. The summed E-state index contributed by atoms with van der Waals surface area (Å²) >= 11 is 0. The Labute approximate surface area is 140 Å². The van der Waals surface area contributed by atoms with Crippen molar-refractivity contribution < 1.29 is 15.0 Å². The molecule has 0 radical (unpaired) electrons. The minimum Gasteiger partial charge on any atom is -0.510 e. The Morgan fingerprint density at radius 2 is 1.75 bits per heavy atom. The highest BCUT2D eigenvalue weighted by molar-refractivity contribution is 6.30. The fourth-order valence-corrected chi connectivity index (χ4v) is 2.79. The molecule has 0 unspecified atom stereocenters. The van der Waals surface area contributed by atoms with Gasteiger partial charge >= 0.3 is 5.97 Å². The normalized spacial score (nSPS) is 15.7. The molecule has 0 aliphatic carbocycles. The van der Waals surface area contributed by atoms with Gasteiger partial charge in [0.2, 0.25) is 0 Å². The Balaban J connectivity index is 1.85. The van der Waals surface area contributed by atoms with E-state index in [0.717, 1.165) is 11.3 Å². The molecule has 0 fully saturated rings. The summed E-state index contributed by atoms with van der Waals surface area (Å²) < 4.78 is 0. The lowest BCUT2D eigenvalue weighted by molar-refractivity contribution is -0.138. The molecular formula is C19H18N2O3. The molecular weight excluding hydrogens is 304 g/mol. The van der Waals surface area contributed by atoms with E-state index in [1.54, 1.807) is 36.1 Å². The van der Waals surface area contributed by atoms with Crippen LogP contribution in [-0.2, 0) is 4.79 Å². The van der Waals surface area contributed by atoms with Crippen LogP contribution in [0, 0.1) is 5.41 Å². The van der Waals surface area contributed by atoms with E-state index < -0.39 is 11.9 Å². The monoisotopic (exact) mass is 322 g/mol. The van der Waals surface area contributed by atoms with Gasteiger partial charge in [0.15, 0.2) is 0 Å². The van der Waals surface area contributed by atoms with Gasteiger partial charge < -0.3 is 15.1 Å². The van der Waals surface area contributed by atoms with Gasteiger partial charge in [-0.1, -0.05) is 42.5 Å². The highest BCUT2D eigenvalue weighted by Crippen LogP contribution is 2.31. The Morgan fingerprint density at radius 1 is 1.12 bits per heavy atom. The van der Waals surface area contributed by atoms with Crippen LogP contribution in [0.25, 0.3) is 5.57 Å². The van der Waals surface area contributed by atoms with Crippen molar-refractivity contribution in [1.29, 1.82) is 5.41 Å². The van der Waals surface area contributed by atoms with Crippen molar-refractivity contribution in [2.45, 2.75) is 12.8 Å². The van der Waals surface area contributed by atoms with Crippen LogP contribution in [0.3, 0.4) is 0 Å². The maximum absolute atomic E-state index is 11.1. The number of nitrogens with one attached hydrogen (secondary N) is 1. The SMILES string of the molecule is C[C@@H](C(=O)O)c1ccc(N2CC(O)=C(c3ccccc3)C2=N)cc1. The number of aliphatic hydroxyl groups excluding tert-OH is 1. The van der Waals surface area contributed by atoms with E-state index in [9.17, 15) is 9.90 Å². The number of anilines is 1. The summed E-state index contributed by atoms with van der Waals surface area (Å²) in [4.78, 5) is 12.8. The van der Waals surface area contributed by atoms with Gasteiger partial charge in [-0.3, -0.25) is 10.2 Å². The van der Waals surface area contributed by atoms with Crippen molar-refractivity contribution in [3.8, 4) is 0 Å². The van der Waals surface area contributed by atoms with Gasteiger partial charge in [-0.25, -0.2) is 0 Å². The fraction of sp³-hybridized carbons (Fsp3) is 0.158. The summed E-state index contributed by atoms with van der Waals surface area (Å²) in [6, 6.07) is 16.4. The van der Waals surface area contributed by atoms with E-state index in [1.807, 2.05) is 30.3 Å². The molecule has 3 rings (SSSR count). The number of amidine groups is 1. The van der Waals surface area contributed by atoms with Crippen LogP contribution in [0.2, 0.25) is 0 Å². The average Bonchev–Trinajstić information content (AvgIpc) is 2.89. The maximum Gasteiger partial charge on any atom is 0.310 e. The lowest BCUT2D eigenvalue weighted by Gasteiger charge is -2.19. The third kappa shape index (κ3) is 2.76. The van der Waals surface area contributed by atoms with E-state index in [1.165, 1.54) is 0 Å². The third-order valence-corrected chi connectivity index (χ3v) is 4.24. The number of carboxylic acid groups (broad SMARTS) is 1. The zero-order chi connectivity index (χ0) is 17.3. The van der Waals surface area contributed by atoms with Crippen LogP contribution in [-0.4, -0.2) is 28.6 Å². The van der Waals surface area contributed by atoms with Crippen molar-refractivity contribution in [1.82, 2.24) is 0 Å². The van der Waals surface area contributed by atoms with E-state index in [2.05, 4.69) is 0 Å². The molecule has 1 aliphatic heterocycles. The molecule has 1 aliphatic rings. The van der Waals surface area contributed by atoms with Crippen LogP contribution in [0.5, 0.6) is 0 Å². The topological polar surface area (TPSA) is 84.6 Å². The van der Waals surface area contributed by atoms with Crippen LogP contribution < -0.4 is 4.90 Å². The molecule has 5 heteroatoms. The number of aliphatic hydroxyl groups is 1. The molecule has 0 aromatic heterocycles. The smallest absolute Gasteiger partial charge is 0.310 e. The van der Waals surface area contributed by atoms with Crippen molar-refractivity contribution in [3.63, 3.8) is 0 Å². The van der Waals surface area contributed by atoms with Crippen LogP contribution in [0.4, 0.5) is 5.69 Å². The number of carboxylic acids is 1. The largest absolute Gasteiger partial charge is 0.510 e. The maximum atomic E-state index is 11.1. The zero-order valence-electron chi connectivity index (χ0n) is 13.2. The van der Waals surface area contributed by atoms with Crippen molar-refractivity contribution >= 4 is 23.1 Å². The van der Waals surface area contributed by atoms with Gasteiger partial charge in [-0.2, -0.15) is 0 Å². The van der Waals surface area contributed by atoms with E-state index >= 15 is 0 Å². The van der Waals surface area contributed by atoms with Crippen LogP contribution in [0.15, 0.2) is 60.4 Å². The van der Waals surface area contributed by atoms with Gasteiger partial charge in [0, 0.05) is 5.69 Å². The number of hydrogen-bond donors (Lipinski definition) is 3. The Bertz CT molecular complexity index is 810. The first kappa shape index (κ1) is 15.8.